The Morgan fingerprint density at radius 1 is 0.289 bits per heavy atom. The quantitative estimate of drug-likeness (QED) is 0.0452. The lowest BCUT2D eigenvalue weighted by molar-refractivity contribution is -0.386. The highest BCUT2D eigenvalue weighted by molar-refractivity contribution is 5.74. The molecule has 40 heteroatoms. The fraction of sp³-hybridized carbons (Fsp3) is 0.920. The maximum atomic E-state index is 12.9. The lowest BCUT2D eigenvalue weighted by atomic mass is 9.93. The van der Waals surface area contributed by atoms with Gasteiger partial charge in [0.15, 0.2) is 44.0 Å². The van der Waals surface area contributed by atoms with E-state index < -0.39 is 285 Å². The van der Waals surface area contributed by atoms with Crippen molar-refractivity contribution in [2.45, 2.75) is 242 Å². The summed E-state index contributed by atoms with van der Waals surface area (Å²) in [6.07, 6.45) is -60.2. The lowest BCUT2D eigenvalue weighted by Gasteiger charge is -2.51. The van der Waals surface area contributed by atoms with Gasteiger partial charge >= 0.3 is 0 Å². The van der Waals surface area contributed by atoms with Crippen LogP contribution in [0.1, 0.15) is 27.7 Å². The number of hydrogen-bond acceptors (Lipinski definition) is 36. The van der Waals surface area contributed by atoms with Crippen molar-refractivity contribution in [3.8, 4) is 0 Å². The Hall–Kier alpha value is -3.40. The highest BCUT2D eigenvalue weighted by Crippen LogP contribution is 2.38. The van der Waals surface area contributed by atoms with Crippen LogP contribution in [0.15, 0.2) is 0 Å². The molecule has 0 aromatic heterocycles. The van der Waals surface area contributed by atoms with Gasteiger partial charge in [-0.15, -0.1) is 0 Å². The first-order valence-corrected chi connectivity index (χ1v) is 28.6. The molecule has 7 rings (SSSR count). The number of carbonyl (C=O) groups is 4. The van der Waals surface area contributed by atoms with Gasteiger partial charge in [-0.05, 0) is 0 Å². The summed E-state index contributed by atoms with van der Waals surface area (Å²) in [5.41, 5.74) is 0. The van der Waals surface area contributed by atoms with Gasteiger partial charge in [-0.25, -0.2) is 0 Å². The number of nitrogens with one attached hydrogen (secondary N) is 4. The Bertz CT molecular complexity index is 2310. The number of aliphatic hydroxyl groups excluding tert-OH is 19. The molecule has 4 amide bonds. The predicted molar refractivity (Wildman–Crippen MR) is 278 cm³/mol. The molecule has 0 unspecified atom stereocenters. The van der Waals surface area contributed by atoms with Gasteiger partial charge in [0.25, 0.3) is 0 Å². The second-order valence-corrected chi connectivity index (χ2v) is 22.5. The molecule has 0 bridgehead atoms. The molecule has 0 aliphatic carbocycles. The Balaban J connectivity index is 1.14. The molecule has 40 nitrogen and oxygen atoms in total. The summed E-state index contributed by atoms with van der Waals surface area (Å²) in [5, 5.41) is 217. The van der Waals surface area contributed by atoms with Crippen LogP contribution in [0, 0.1) is 0 Å². The topological polar surface area (TPSA) is 621 Å². The van der Waals surface area contributed by atoms with Gasteiger partial charge < -0.3 is 180 Å². The smallest absolute Gasteiger partial charge is 0.217 e. The van der Waals surface area contributed by atoms with Crippen molar-refractivity contribution < 1.29 is 178 Å². The van der Waals surface area contributed by atoms with Gasteiger partial charge in [0, 0.05) is 27.7 Å². The van der Waals surface area contributed by atoms with Crippen LogP contribution in [0.2, 0.25) is 0 Å². The highest BCUT2D eigenvalue weighted by Gasteiger charge is 2.59. The molecule has 0 saturated carbocycles. The van der Waals surface area contributed by atoms with Gasteiger partial charge in [-0.1, -0.05) is 0 Å². The van der Waals surface area contributed by atoms with Crippen LogP contribution >= 0.6 is 0 Å². The zero-order valence-electron chi connectivity index (χ0n) is 48.6. The van der Waals surface area contributed by atoms with E-state index >= 15 is 0 Å². The summed E-state index contributed by atoms with van der Waals surface area (Å²) in [6, 6.07) is -6.91. The maximum absolute atomic E-state index is 12.9. The molecule has 35 atom stereocenters. The van der Waals surface area contributed by atoms with Crippen molar-refractivity contribution in [3.05, 3.63) is 0 Å². The molecule has 7 saturated heterocycles. The van der Waals surface area contributed by atoms with Crippen molar-refractivity contribution in [3.63, 3.8) is 0 Å². The molecule has 0 radical (unpaired) electrons. The van der Waals surface area contributed by atoms with Crippen LogP contribution in [-0.4, -0.2) is 382 Å². The molecule has 7 aliphatic rings. The second-order valence-electron chi connectivity index (χ2n) is 22.5. The molecule has 90 heavy (non-hydrogen) atoms. The molecule has 23 N–H and O–H groups in total. The molecule has 0 aromatic carbocycles. The molecule has 520 valence electrons. The SMILES string of the molecule is CC(=O)N[C@@H]1[C@@H](O)[C@H](O[C@@H]2O[C@H](CO[C@@H]3O[C@H](CO)[C@@H](O)[C@H](O)[C@H]3NC(C)=O)[C@H](O)[C@H](O[C@@H]3O[C@H](CO)[C@@H](O[C@@H]4O[C@H](CO)[C@H](O)[C@H](O[C@@H]5O[C@H](CO)[C@@H](O[C@@H]6O[C@H](CO)[C@H](O)[C@H](O)[C@H]6O)[C@H](O)[C@H]5NC(C)=O)[C@H]4O)[C@H](O)[C@H]3NC(C)=O)[C@H]2O)[C@@H](CO)O[C@H]1O. The first kappa shape index (κ1) is 74.0. The zero-order chi connectivity index (χ0) is 66.5. The third-order valence-corrected chi connectivity index (χ3v) is 16.1. The third-order valence-electron chi connectivity index (χ3n) is 16.1. The van der Waals surface area contributed by atoms with Gasteiger partial charge in [0.2, 0.25) is 23.6 Å². The Labute approximate surface area is 510 Å². The number of amides is 4. The van der Waals surface area contributed by atoms with E-state index in [1.807, 2.05) is 0 Å². The number of ether oxygens (including phenoxy) is 13. The van der Waals surface area contributed by atoms with Crippen molar-refractivity contribution in [1.29, 1.82) is 0 Å². The monoisotopic (exact) mass is 1320 g/mol. The number of carbonyl (C=O) groups excluding carboxylic acids is 4. The third kappa shape index (κ3) is 16.4. The van der Waals surface area contributed by atoms with Gasteiger partial charge in [-0.2, -0.15) is 0 Å². The van der Waals surface area contributed by atoms with Crippen LogP contribution < -0.4 is 21.3 Å². The van der Waals surface area contributed by atoms with Gasteiger partial charge in [-0.3, -0.25) is 19.2 Å². The molecular formula is C50H84N4O36. The maximum Gasteiger partial charge on any atom is 0.217 e. The van der Waals surface area contributed by atoms with Crippen LogP contribution in [0.5, 0.6) is 0 Å². The van der Waals surface area contributed by atoms with Crippen LogP contribution in [0.25, 0.3) is 0 Å². The minimum atomic E-state index is -2.31. The van der Waals surface area contributed by atoms with Crippen molar-refractivity contribution in [2.24, 2.45) is 0 Å². The summed E-state index contributed by atoms with van der Waals surface area (Å²) >= 11 is 0. The first-order valence-electron chi connectivity index (χ1n) is 28.6. The Morgan fingerprint density at radius 3 is 0.978 bits per heavy atom. The average Bonchev–Trinajstić information content (AvgIpc) is 1.08. The van der Waals surface area contributed by atoms with Gasteiger partial charge in [0.05, 0.1) is 46.2 Å². The normalized spacial score (nSPS) is 47.6. The van der Waals surface area contributed by atoms with Crippen molar-refractivity contribution >= 4 is 23.6 Å². The standard InChI is InChI=1S/C50H84N4O36/c1-12(61)51-23-32(70)39(19(8-58)79-44(23)77)87-50-38(76)43(30(68)22(85-50)11-78-45-24(52-13(2)62)31(69)27(65)16(5-55)80-45)90-47-26(54-15(4)64)34(72)41(21(10-60)84-47)88-49-37(75)42(29(67)18(7-57)82-49)89-46-25(53-14(3)63)33(71)40(20(9-59)83-46)86-48-36(74)35(73)28(66)17(6-56)81-48/h16-50,55-60,65-77H,5-11H2,1-4H3,(H,51,61)(H,52,62)(H,53,63)(H,54,64)/t16-,17-,18-,19-,20-,21-,22-,23-,24-,25-,26-,27-,28+,29+,30+,31-,32-,33-,34-,35+,36-,37-,38-,39-,40-,41-,42+,43+,44-,45-,46+,47+,48+,49+,50+/m1/s1. The van der Waals surface area contributed by atoms with Crippen LogP contribution in [0.4, 0.5) is 0 Å². The number of rotatable bonds is 23. The van der Waals surface area contributed by atoms with Crippen LogP contribution in [0.3, 0.4) is 0 Å². The fourth-order valence-electron chi connectivity index (χ4n) is 11.5. The zero-order valence-corrected chi connectivity index (χ0v) is 48.6. The molecule has 7 aliphatic heterocycles. The minimum Gasteiger partial charge on any atom is -0.394 e. The second kappa shape index (κ2) is 32.4. The first-order chi connectivity index (χ1) is 42.5. The van der Waals surface area contributed by atoms with E-state index in [4.69, 9.17) is 61.6 Å². The number of aliphatic hydroxyl groups is 19. The molecule has 0 aromatic rings. The van der Waals surface area contributed by atoms with E-state index in [-0.39, 0.29) is 0 Å². The molecule has 7 heterocycles. The molecule has 7 fully saturated rings. The van der Waals surface area contributed by atoms with Gasteiger partial charge in [0.1, 0.15) is 171 Å². The van der Waals surface area contributed by atoms with Crippen molar-refractivity contribution in [1.82, 2.24) is 21.3 Å². The Morgan fingerprint density at radius 2 is 0.578 bits per heavy atom. The summed E-state index contributed by atoms with van der Waals surface area (Å²) in [4.78, 5) is 49.8. The fourth-order valence-corrected chi connectivity index (χ4v) is 11.5. The summed E-state index contributed by atoms with van der Waals surface area (Å²) in [7, 11) is 0. The average molecular weight is 1320 g/mol. The van der Waals surface area contributed by atoms with Crippen molar-refractivity contribution in [2.75, 3.05) is 46.2 Å². The van der Waals surface area contributed by atoms with E-state index in [9.17, 15) is 116 Å². The summed E-state index contributed by atoms with van der Waals surface area (Å²) < 4.78 is 75.7. The molecule has 0 spiro atoms. The largest absolute Gasteiger partial charge is 0.394 e. The van der Waals surface area contributed by atoms with E-state index in [1.165, 1.54) is 0 Å². The Kier molecular flexibility index (Phi) is 26.6. The molecular weight excluding hydrogens is 1230 g/mol. The summed E-state index contributed by atoms with van der Waals surface area (Å²) in [5.74, 6) is -3.32. The summed E-state index contributed by atoms with van der Waals surface area (Å²) in [6.45, 7) is -2.88. The highest BCUT2D eigenvalue weighted by atomic mass is 16.8. The predicted octanol–water partition coefficient (Wildman–Crippen LogP) is -15.7. The van der Waals surface area contributed by atoms with Crippen LogP contribution in [-0.2, 0) is 80.8 Å². The van der Waals surface area contributed by atoms with E-state index in [0.29, 0.717) is 0 Å². The van der Waals surface area contributed by atoms with E-state index in [1.54, 1.807) is 0 Å². The lowest BCUT2D eigenvalue weighted by Crippen LogP contribution is -2.71. The van der Waals surface area contributed by atoms with E-state index in [0.717, 1.165) is 27.7 Å². The van der Waals surface area contributed by atoms with E-state index in [2.05, 4.69) is 21.3 Å². The minimum absolute atomic E-state index is 0.754. The number of hydrogen-bond donors (Lipinski definition) is 23.